The molecule has 0 atom stereocenters. The molecule has 0 aliphatic rings. The summed E-state index contributed by atoms with van der Waals surface area (Å²) < 4.78 is 24.5. The Labute approximate surface area is 111 Å². The van der Waals surface area contributed by atoms with Crippen LogP contribution in [0.1, 0.15) is 4.88 Å². The highest BCUT2D eigenvalue weighted by molar-refractivity contribution is 7.92. The van der Waals surface area contributed by atoms with E-state index in [-0.39, 0.29) is 0 Å². The fourth-order valence-electron chi connectivity index (χ4n) is 1.47. The van der Waals surface area contributed by atoms with Crippen molar-refractivity contribution in [3.8, 4) is 0 Å². The van der Waals surface area contributed by atoms with Gasteiger partial charge in [-0.3, -0.25) is 4.72 Å². The topological polar surface area (TPSA) is 58.2 Å². The van der Waals surface area contributed by atoms with Gasteiger partial charge in [0.15, 0.2) is 0 Å². The van der Waals surface area contributed by atoms with Crippen LogP contribution in [-0.2, 0) is 16.6 Å². The highest BCUT2D eigenvalue weighted by Crippen LogP contribution is 2.16. The van der Waals surface area contributed by atoms with E-state index >= 15 is 0 Å². The van der Waals surface area contributed by atoms with Crippen LogP contribution < -0.4 is 10.0 Å². The van der Waals surface area contributed by atoms with E-state index in [4.69, 9.17) is 0 Å². The summed E-state index contributed by atoms with van der Waals surface area (Å²) in [6, 6.07) is 11.2. The van der Waals surface area contributed by atoms with Crippen molar-refractivity contribution in [1.82, 2.24) is 0 Å². The second-order valence-corrected chi connectivity index (χ2v) is 6.67. The van der Waals surface area contributed by atoms with Gasteiger partial charge in [-0.05, 0) is 35.7 Å². The summed E-state index contributed by atoms with van der Waals surface area (Å²) in [5.41, 5.74) is 1.53. The minimum Gasteiger partial charge on any atom is -0.380 e. The van der Waals surface area contributed by atoms with Gasteiger partial charge < -0.3 is 5.32 Å². The van der Waals surface area contributed by atoms with E-state index in [0.29, 0.717) is 5.69 Å². The predicted octanol–water partition coefficient (Wildman–Crippen LogP) is 2.73. The molecule has 4 nitrogen and oxygen atoms in total. The van der Waals surface area contributed by atoms with Gasteiger partial charge in [0, 0.05) is 22.8 Å². The molecular weight excluding hydrogens is 268 g/mol. The SMILES string of the molecule is CS(=O)(=O)Nc1ccc(NCc2cccs2)cc1. The normalized spacial score (nSPS) is 11.2. The first kappa shape index (κ1) is 12.9. The molecule has 2 aromatic rings. The lowest BCUT2D eigenvalue weighted by molar-refractivity contribution is 0.607. The van der Waals surface area contributed by atoms with Crippen molar-refractivity contribution in [2.45, 2.75) is 6.54 Å². The second kappa shape index (κ2) is 5.41. The zero-order valence-corrected chi connectivity index (χ0v) is 11.5. The van der Waals surface area contributed by atoms with E-state index in [1.807, 2.05) is 23.6 Å². The van der Waals surface area contributed by atoms with Gasteiger partial charge in [-0.25, -0.2) is 8.42 Å². The monoisotopic (exact) mass is 282 g/mol. The van der Waals surface area contributed by atoms with Crippen molar-refractivity contribution in [3.63, 3.8) is 0 Å². The molecule has 0 saturated heterocycles. The lowest BCUT2D eigenvalue weighted by Crippen LogP contribution is -2.09. The summed E-state index contributed by atoms with van der Waals surface area (Å²) in [6.45, 7) is 0.774. The van der Waals surface area contributed by atoms with Crippen LogP contribution in [0.15, 0.2) is 41.8 Å². The summed E-state index contributed by atoms with van der Waals surface area (Å²) in [7, 11) is -3.21. The van der Waals surface area contributed by atoms with Gasteiger partial charge in [-0.2, -0.15) is 0 Å². The maximum absolute atomic E-state index is 11.0. The highest BCUT2D eigenvalue weighted by Gasteiger charge is 2.01. The number of benzene rings is 1. The molecule has 0 fully saturated rings. The Morgan fingerprint density at radius 2 is 1.78 bits per heavy atom. The molecule has 0 aliphatic carbocycles. The second-order valence-electron chi connectivity index (χ2n) is 3.88. The average molecular weight is 282 g/mol. The average Bonchev–Trinajstić information content (AvgIpc) is 2.79. The van der Waals surface area contributed by atoms with Gasteiger partial charge in [0.2, 0.25) is 10.0 Å². The van der Waals surface area contributed by atoms with Crippen molar-refractivity contribution in [2.75, 3.05) is 16.3 Å². The van der Waals surface area contributed by atoms with Gasteiger partial charge in [0.1, 0.15) is 0 Å². The minimum absolute atomic E-state index is 0.569. The number of sulfonamides is 1. The molecule has 0 bridgehead atoms. The molecule has 0 aliphatic heterocycles. The maximum Gasteiger partial charge on any atom is 0.229 e. The Kier molecular flexibility index (Phi) is 3.88. The number of anilines is 2. The fraction of sp³-hybridized carbons (Fsp3) is 0.167. The summed E-state index contributed by atoms with van der Waals surface area (Å²) in [4.78, 5) is 1.26. The van der Waals surface area contributed by atoms with E-state index < -0.39 is 10.0 Å². The molecule has 18 heavy (non-hydrogen) atoms. The first-order valence-electron chi connectivity index (χ1n) is 5.37. The molecule has 1 aromatic heterocycles. The first-order valence-corrected chi connectivity index (χ1v) is 8.14. The van der Waals surface area contributed by atoms with Crippen LogP contribution in [0.2, 0.25) is 0 Å². The summed E-state index contributed by atoms with van der Waals surface area (Å²) in [5, 5.41) is 5.31. The van der Waals surface area contributed by atoms with Crippen LogP contribution in [-0.4, -0.2) is 14.7 Å². The van der Waals surface area contributed by atoms with E-state index in [9.17, 15) is 8.42 Å². The minimum atomic E-state index is -3.21. The molecule has 2 N–H and O–H groups in total. The molecule has 0 saturated carbocycles. The lowest BCUT2D eigenvalue weighted by atomic mass is 10.3. The molecule has 1 heterocycles. The van der Waals surface area contributed by atoms with E-state index in [1.165, 1.54) is 4.88 Å². The Bertz CT molecular complexity index is 590. The summed E-state index contributed by atoms with van der Waals surface area (Å²) in [6.07, 6.45) is 1.13. The van der Waals surface area contributed by atoms with Gasteiger partial charge in [0.25, 0.3) is 0 Å². The third-order valence-corrected chi connectivity index (χ3v) is 3.72. The van der Waals surface area contributed by atoms with Crippen LogP contribution in [0.5, 0.6) is 0 Å². The Hall–Kier alpha value is -1.53. The zero-order chi connectivity index (χ0) is 13.0. The van der Waals surface area contributed by atoms with Crippen molar-refractivity contribution in [2.24, 2.45) is 0 Å². The molecule has 0 amide bonds. The molecule has 96 valence electrons. The van der Waals surface area contributed by atoms with E-state index in [1.54, 1.807) is 23.5 Å². The molecule has 1 aromatic carbocycles. The first-order chi connectivity index (χ1) is 8.53. The van der Waals surface area contributed by atoms with Gasteiger partial charge in [-0.1, -0.05) is 6.07 Å². The smallest absolute Gasteiger partial charge is 0.229 e. The highest BCUT2D eigenvalue weighted by atomic mass is 32.2. The quantitative estimate of drug-likeness (QED) is 0.886. The molecule has 6 heteroatoms. The maximum atomic E-state index is 11.0. The van der Waals surface area contributed by atoms with Crippen molar-refractivity contribution in [1.29, 1.82) is 0 Å². The van der Waals surface area contributed by atoms with Gasteiger partial charge in [0.05, 0.1) is 6.26 Å². The molecule has 0 radical (unpaired) electrons. The van der Waals surface area contributed by atoms with Crippen molar-refractivity contribution in [3.05, 3.63) is 46.7 Å². The fourth-order valence-corrected chi connectivity index (χ4v) is 2.68. The summed E-state index contributed by atoms with van der Waals surface area (Å²) in [5.74, 6) is 0. The number of thiophene rings is 1. The standard InChI is InChI=1S/C12H14N2O2S2/c1-18(15,16)14-11-6-4-10(5-7-11)13-9-12-3-2-8-17-12/h2-8,13-14H,9H2,1H3. The molecule has 0 spiro atoms. The lowest BCUT2D eigenvalue weighted by Gasteiger charge is -2.07. The van der Waals surface area contributed by atoms with E-state index in [0.717, 1.165) is 18.5 Å². The van der Waals surface area contributed by atoms with Crippen LogP contribution in [0.25, 0.3) is 0 Å². The van der Waals surface area contributed by atoms with Gasteiger partial charge in [-0.15, -0.1) is 11.3 Å². The van der Waals surface area contributed by atoms with Crippen LogP contribution >= 0.6 is 11.3 Å². The van der Waals surface area contributed by atoms with Gasteiger partial charge >= 0.3 is 0 Å². The number of nitrogens with one attached hydrogen (secondary N) is 2. The Morgan fingerprint density at radius 1 is 1.11 bits per heavy atom. The molecule has 0 unspecified atom stereocenters. The van der Waals surface area contributed by atoms with Crippen LogP contribution in [0.4, 0.5) is 11.4 Å². The Balaban J connectivity index is 1.95. The van der Waals surface area contributed by atoms with Crippen LogP contribution in [0, 0.1) is 0 Å². The number of rotatable bonds is 5. The van der Waals surface area contributed by atoms with Crippen LogP contribution in [0.3, 0.4) is 0 Å². The number of hydrogen-bond acceptors (Lipinski definition) is 4. The molecular formula is C12H14N2O2S2. The third-order valence-electron chi connectivity index (χ3n) is 2.23. The predicted molar refractivity (Wildman–Crippen MR) is 76.6 cm³/mol. The zero-order valence-electron chi connectivity index (χ0n) is 9.88. The van der Waals surface area contributed by atoms with E-state index in [2.05, 4.69) is 16.1 Å². The third kappa shape index (κ3) is 4.05. The summed E-state index contributed by atoms with van der Waals surface area (Å²) >= 11 is 1.70. The van der Waals surface area contributed by atoms with Crippen molar-refractivity contribution >= 4 is 32.7 Å². The molecule has 2 rings (SSSR count). The number of hydrogen-bond donors (Lipinski definition) is 2. The largest absolute Gasteiger partial charge is 0.380 e. The Morgan fingerprint density at radius 3 is 2.33 bits per heavy atom. The van der Waals surface area contributed by atoms with Crippen molar-refractivity contribution < 1.29 is 8.42 Å².